The Kier molecular flexibility index (Phi) is 8.52. The normalized spacial score (nSPS) is 10.7. The first kappa shape index (κ1) is 22.3. The van der Waals surface area contributed by atoms with Crippen LogP contribution in [0.25, 0.3) is 0 Å². The van der Waals surface area contributed by atoms with Gasteiger partial charge in [0.15, 0.2) is 0 Å². The lowest BCUT2D eigenvalue weighted by atomic mass is 10.1. The minimum absolute atomic E-state index is 0.399. The van der Waals surface area contributed by atoms with Crippen molar-refractivity contribution in [2.45, 2.75) is 34.1 Å². The maximum Gasteiger partial charge on any atom is 0.269 e. The highest BCUT2D eigenvalue weighted by Crippen LogP contribution is 2.14. The molecule has 0 spiro atoms. The molecule has 2 N–H and O–H groups in total. The fraction of sp³-hybridized carbons (Fsp3) is 0.391. The van der Waals surface area contributed by atoms with Gasteiger partial charge in [0.1, 0.15) is 11.5 Å². The lowest BCUT2D eigenvalue weighted by Crippen LogP contribution is -2.41. The lowest BCUT2D eigenvalue weighted by molar-refractivity contribution is 0.0846. The Balaban J connectivity index is 1.81. The van der Waals surface area contributed by atoms with Gasteiger partial charge in [-0.05, 0) is 66.8 Å². The van der Waals surface area contributed by atoms with Crippen molar-refractivity contribution >= 4 is 11.8 Å². The molecule has 0 aliphatic carbocycles. The summed E-state index contributed by atoms with van der Waals surface area (Å²) in [5.74, 6) is 1.62. The molecule has 29 heavy (non-hydrogen) atoms. The molecule has 0 heterocycles. The lowest BCUT2D eigenvalue weighted by Gasteiger charge is -2.11. The second-order valence-corrected chi connectivity index (χ2v) is 7.69. The number of nitrogens with one attached hydrogen (secondary N) is 2. The SMILES string of the molecule is CC(C)CCOc1ccc(C(=O)NNC(=O)c2ccc(OCC(C)C)cc2)cc1. The molecule has 6 heteroatoms. The second kappa shape index (κ2) is 11.1. The number of ether oxygens (including phenoxy) is 2. The van der Waals surface area contributed by atoms with Gasteiger partial charge in [-0.25, -0.2) is 0 Å². The predicted molar refractivity (Wildman–Crippen MR) is 113 cm³/mol. The maximum atomic E-state index is 12.2. The van der Waals surface area contributed by atoms with E-state index in [9.17, 15) is 9.59 Å². The Morgan fingerprint density at radius 2 is 1.17 bits per heavy atom. The summed E-state index contributed by atoms with van der Waals surface area (Å²) in [7, 11) is 0. The maximum absolute atomic E-state index is 12.2. The molecule has 0 aliphatic rings. The molecule has 0 aromatic heterocycles. The average Bonchev–Trinajstić information content (AvgIpc) is 2.71. The average molecular weight is 399 g/mol. The standard InChI is InChI=1S/C23H30N2O4/c1-16(2)13-14-28-20-9-5-18(6-10-20)22(26)24-25-23(27)19-7-11-21(12-8-19)29-15-17(3)4/h5-12,16-17H,13-15H2,1-4H3,(H,24,26)(H,25,27). The molecule has 156 valence electrons. The highest BCUT2D eigenvalue weighted by molar-refractivity contribution is 5.99. The number of hydrogen-bond donors (Lipinski definition) is 2. The molecular weight excluding hydrogens is 368 g/mol. The molecule has 0 unspecified atom stereocenters. The molecular formula is C23H30N2O4. The van der Waals surface area contributed by atoms with Gasteiger partial charge in [-0.3, -0.25) is 20.4 Å². The first-order valence-corrected chi connectivity index (χ1v) is 9.91. The number of carbonyl (C=O) groups excluding carboxylic acids is 2. The van der Waals surface area contributed by atoms with Crippen molar-refractivity contribution in [1.82, 2.24) is 10.9 Å². The van der Waals surface area contributed by atoms with E-state index in [1.54, 1.807) is 48.5 Å². The first-order chi connectivity index (χ1) is 13.8. The molecule has 2 rings (SSSR count). The van der Waals surface area contributed by atoms with Gasteiger partial charge in [-0.2, -0.15) is 0 Å². The van der Waals surface area contributed by atoms with E-state index in [4.69, 9.17) is 9.47 Å². The van der Waals surface area contributed by atoms with Gasteiger partial charge >= 0.3 is 0 Å². The van der Waals surface area contributed by atoms with Crippen LogP contribution in [-0.2, 0) is 0 Å². The molecule has 2 aromatic rings. The van der Waals surface area contributed by atoms with E-state index < -0.39 is 11.8 Å². The van der Waals surface area contributed by atoms with Crippen molar-refractivity contribution in [3.63, 3.8) is 0 Å². The molecule has 0 bridgehead atoms. The zero-order valence-corrected chi connectivity index (χ0v) is 17.5. The van der Waals surface area contributed by atoms with E-state index >= 15 is 0 Å². The number of benzene rings is 2. The van der Waals surface area contributed by atoms with Crippen molar-refractivity contribution in [3.8, 4) is 11.5 Å². The van der Waals surface area contributed by atoms with Gasteiger partial charge in [0.25, 0.3) is 11.8 Å². The summed E-state index contributed by atoms with van der Waals surface area (Å²) in [5, 5.41) is 0. The minimum atomic E-state index is -0.401. The van der Waals surface area contributed by atoms with Gasteiger partial charge in [-0.15, -0.1) is 0 Å². The van der Waals surface area contributed by atoms with Crippen molar-refractivity contribution in [3.05, 3.63) is 59.7 Å². The molecule has 0 saturated heterocycles. The Morgan fingerprint density at radius 1 is 0.724 bits per heavy atom. The zero-order valence-electron chi connectivity index (χ0n) is 17.5. The van der Waals surface area contributed by atoms with Crippen LogP contribution in [0.4, 0.5) is 0 Å². The zero-order chi connectivity index (χ0) is 21.2. The van der Waals surface area contributed by atoms with E-state index in [-0.39, 0.29) is 0 Å². The third-order valence-electron chi connectivity index (χ3n) is 4.07. The van der Waals surface area contributed by atoms with Gasteiger partial charge < -0.3 is 9.47 Å². The molecule has 0 saturated carbocycles. The summed E-state index contributed by atoms with van der Waals surface area (Å²) >= 11 is 0. The fourth-order valence-corrected chi connectivity index (χ4v) is 2.34. The third-order valence-corrected chi connectivity index (χ3v) is 4.07. The Labute approximate surface area is 172 Å². The van der Waals surface area contributed by atoms with Gasteiger partial charge in [-0.1, -0.05) is 27.7 Å². The Bertz CT molecular complexity index is 784. The van der Waals surface area contributed by atoms with Gasteiger partial charge in [0, 0.05) is 11.1 Å². The summed E-state index contributed by atoms with van der Waals surface area (Å²) in [6.45, 7) is 9.67. The second-order valence-electron chi connectivity index (χ2n) is 7.69. The number of rotatable bonds is 9. The van der Waals surface area contributed by atoms with E-state index in [1.165, 1.54) is 0 Å². The Hall–Kier alpha value is -3.02. The first-order valence-electron chi connectivity index (χ1n) is 9.91. The van der Waals surface area contributed by atoms with Crippen molar-refractivity contribution < 1.29 is 19.1 Å². The quantitative estimate of drug-likeness (QED) is 0.620. The largest absolute Gasteiger partial charge is 0.494 e. The van der Waals surface area contributed by atoms with E-state index in [0.717, 1.165) is 6.42 Å². The third kappa shape index (κ3) is 7.86. The highest BCUT2D eigenvalue weighted by Gasteiger charge is 2.10. The van der Waals surface area contributed by atoms with Crippen LogP contribution < -0.4 is 20.3 Å². The number of hydrogen-bond acceptors (Lipinski definition) is 4. The fourth-order valence-electron chi connectivity index (χ4n) is 2.34. The highest BCUT2D eigenvalue weighted by atomic mass is 16.5. The summed E-state index contributed by atoms with van der Waals surface area (Å²) in [4.78, 5) is 24.4. The monoisotopic (exact) mass is 398 g/mol. The van der Waals surface area contributed by atoms with Crippen LogP contribution in [-0.4, -0.2) is 25.0 Å². The molecule has 0 atom stereocenters. The van der Waals surface area contributed by atoms with Crippen LogP contribution in [0, 0.1) is 11.8 Å². The smallest absolute Gasteiger partial charge is 0.269 e. The molecule has 2 amide bonds. The van der Waals surface area contributed by atoms with Gasteiger partial charge in [0.05, 0.1) is 13.2 Å². The van der Waals surface area contributed by atoms with E-state index in [0.29, 0.717) is 47.7 Å². The summed E-state index contributed by atoms with van der Waals surface area (Å²) in [6, 6.07) is 13.6. The summed E-state index contributed by atoms with van der Waals surface area (Å²) in [6.07, 6.45) is 0.971. The van der Waals surface area contributed by atoms with Crippen LogP contribution >= 0.6 is 0 Å². The van der Waals surface area contributed by atoms with Crippen molar-refractivity contribution in [2.24, 2.45) is 11.8 Å². The molecule has 6 nitrogen and oxygen atoms in total. The predicted octanol–water partition coefficient (Wildman–Crippen LogP) is 4.22. The molecule has 2 aromatic carbocycles. The van der Waals surface area contributed by atoms with Crippen LogP contribution in [0.5, 0.6) is 11.5 Å². The number of carbonyl (C=O) groups is 2. The summed E-state index contributed by atoms with van der Waals surface area (Å²) in [5.41, 5.74) is 5.69. The van der Waals surface area contributed by atoms with Crippen LogP contribution in [0.1, 0.15) is 54.8 Å². The molecule has 0 aliphatic heterocycles. The van der Waals surface area contributed by atoms with Crippen LogP contribution in [0.15, 0.2) is 48.5 Å². The van der Waals surface area contributed by atoms with Crippen LogP contribution in [0.2, 0.25) is 0 Å². The molecule has 0 fully saturated rings. The van der Waals surface area contributed by atoms with E-state index in [1.807, 2.05) is 0 Å². The van der Waals surface area contributed by atoms with Crippen molar-refractivity contribution in [2.75, 3.05) is 13.2 Å². The Morgan fingerprint density at radius 3 is 1.59 bits per heavy atom. The van der Waals surface area contributed by atoms with Crippen LogP contribution in [0.3, 0.4) is 0 Å². The van der Waals surface area contributed by atoms with Crippen molar-refractivity contribution in [1.29, 1.82) is 0 Å². The number of amides is 2. The van der Waals surface area contributed by atoms with Gasteiger partial charge in [0.2, 0.25) is 0 Å². The van der Waals surface area contributed by atoms with E-state index in [2.05, 4.69) is 38.5 Å². The summed E-state index contributed by atoms with van der Waals surface area (Å²) < 4.78 is 11.2. The topological polar surface area (TPSA) is 76.7 Å². The minimum Gasteiger partial charge on any atom is -0.494 e. The molecule has 0 radical (unpaired) electrons. The number of hydrazine groups is 1.